The summed E-state index contributed by atoms with van der Waals surface area (Å²) >= 11 is 0. The summed E-state index contributed by atoms with van der Waals surface area (Å²) < 4.78 is 16.2. The van der Waals surface area contributed by atoms with E-state index in [2.05, 4.69) is 5.32 Å². The van der Waals surface area contributed by atoms with Crippen LogP contribution in [0.2, 0.25) is 0 Å². The van der Waals surface area contributed by atoms with Crippen LogP contribution in [0.15, 0.2) is 48.2 Å². The molecule has 0 atom stereocenters. The van der Waals surface area contributed by atoms with Gasteiger partial charge in [-0.3, -0.25) is 14.5 Å². The Morgan fingerprint density at radius 2 is 1.72 bits per heavy atom. The Morgan fingerprint density at radius 1 is 1.00 bits per heavy atom. The number of nitrogens with one attached hydrogen (secondary N) is 1. The summed E-state index contributed by atoms with van der Waals surface area (Å²) in [7, 11) is 1.54. The molecule has 1 N–H and O–H groups in total. The Kier molecular flexibility index (Phi) is 5.22. The number of hydrogen-bond donors (Lipinski definition) is 1. The van der Waals surface area contributed by atoms with Crippen molar-refractivity contribution in [3.05, 3.63) is 59.3 Å². The highest BCUT2D eigenvalue weighted by atomic mass is 16.6. The Labute approximate surface area is 168 Å². The van der Waals surface area contributed by atoms with Crippen LogP contribution < -0.4 is 14.8 Å². The molecule has 7 nitrogen and oxygen atoms in total. The van der Waals surface area contributed by atoms with Gasteiger partial charge in [-0.25, -0.2) is 0 Å². The first-order valence-corrected chi connectivity index (χ1v) is 9.41. The van der Waals surface area contributed by atoms with E-state index in [1.54, 1.807) is 18.2 Å². The van der Waals surface area contributed by atoms with E-state index in [0.717, 1.165) is 5.56 Å². The number of anilines is 1. The van der Waals surface area contributed by atoms with E-state index in [0.29, 0.717) is 41.5 Å². The van der Waals surface area contributed by atoms with Gasteiger partial charge in [0.25, 0.3) is 11.8 Å². The van der Waals surface area contributed by atoms with Crippen molar-refractivity contribution >= 4 is 23.1 Å². The smallest absolute Gasteiger partial charge is 0.278 e. The standard InChI is InChI=1S/C22H22N2O5/c1-14-3-5-15(6-4-14)19-20(22(26)24(21(19)25)9-10-27-2)23-16-7-8-17-18(13-16)29-12-11-28-17/h3-8,13,23H,9-12H2,1-2H3. The number of methoxy groups -OCH3 is 1. The zero-order valence-corrected chi connectivity index (χ0v) is 16.4. The van der Waals surface area contributed by atoms with Gasteiger partial charge < -0.3 is 19.5 Å². The molecule has 0 bridgehead atoms. The molecule has 150 valence electrons. The van der Waals surface area contributed by atoms with Crippen LogP contribution in [0.5, 0.6) is 11.5 Å². The molecular weight excluding hydrogens is 372 g/mol. The van der Waals surface area contributed by atoms with Crippen molar-refractivity contribution in [2.45, 2.75) is 6.92 Å². The number of carbonyl (C=O) groups excluding carboxylic acids is 2. The molecule has 2 amide bonds. The number of imide groups is 1. The van der Waals surface area contributed by atoms with Crippen LogP contribution in [0.3, 0.4) is 0 Å². The molecule has 7 heteroatoms. The SMILES string of the molecule is COCCN1C(=O)C(Nc2ccc3c(c2)OCCO3)=C(c2ccc(C)cc2)C1=O. The fourth-order valence-corrected chi connectivity index (χ4v) is 3.33. The van der Waals surface area contributed by atoms with Gasteiger partial charge in [-0.05, 0) is 24.6 Å². The maximum absolute atomic E-state index is 13.0. The predicted octanol–water partition coefficient (Wildman–Crippen LogP) is 2.60. The third-order valence-electron chi connectivity index (χ3n) is 4.84. The van der Waals surface area contributed by atoms with Crippen molar-refractivity contribution in [2.75, 3.05) is 38.8 Å². The van der Waals surface area contributed by atoms with Crippen molar-refractivity contribution in [2.24, 2.45) is 0 Å². The fourth-order valence-electron chi connectivity index (χ4n) is 3.33. The number of fused-ring (bicyclic) bond motifs is 1. The van der Waals surface area contributed by atoms with Crippen molar-refractivity contribution in [1.82, 2.24) is 4.90 Å². The predicted molar refractivity (Wildman–Crippen MR) is 108 cm³/mol. The van der Waals surface area contributed by atoms with E-state index in [4.69, 9.17) is 14.2 Å². The molecule has 2 aliphatic heterocycles. The lowest BCUT2D eigenvalue weighted by Crippen LogP contribution is -2.35. The summed E-state index contributed by atoms with van der Waals surface area (Å²) in [5.41, 5.74) is 2.99. The molecule has 0 aromatic heterocycles. The monoisotopic (exact) mass is 394 g/mol. The van der Waals surface area contributed by atoms with Gasteiger partial charge in [0.15, 0.2) is 11.5 Å². The van der Waals surface area contributed by atoms with Gasteiger partial charge in [0.2, 0.25) is 0 Å². The number of rotatable bonds is 6. The van der Waals surface area contributed by atoms with Gasteiger partial charge in [-0.2, -0.15) is 0 Å². The largest absolute Gasteiger partial charge is 0.486 e. The second kappa shape index (κ2) is 7.97. The molecular formula is C22H22N2O5. The summed E-state index contributed by atoms with van der Waals surface area (Å²) in [6, 6.07) is 12.9. The highest BCUT2D eigenvalue weighted by Gasteiger charge is 2.39. The second-order valence-corrected chi connectivity index (χ2v) is 6.85. The summed E-state index contributed by atoms with van der Waals surface area (Å²) in [5.74, 6) is 0.547. The number of benzene rings is 2. The first-order chi connectivity index (χ1) is 14.1. The lowest BCUT2D eigenvalue weighted by Gasteiger charge is -2.19. The molecule has 0 fully saturated rings. The lowest BCUT2D eigenvalue weighted by molar-refractivity contribution is -0.137. The summed E-state index contributed by atoms with van der Waals surface area (Å²) in [6.07, 6.45) is 0. The molecule has 2 aliphatic rings. The van der Waals surface area contributed by atoms with E-state index in [-0.39, 0.29) is 30.7 Å². The second-order valence-electron chi connectivity index (χ2n) is 6.85. The number of nitrogens with zero attached hydrogens (tertiary/aromatic N) is 1. The molecule has 0 aliphatic carbocycles. The van der Waals surface area contributed by atoms with E-state index >= 15 is 0 Å². The zero-order valence-electron chi connectivity index (χ0n) is 16.4. The molecule has 2 aromatic rings. The van der Waals surface area contributed by atoms with E-state index in [1.807, 2.05) is 31.2 Å². The van der Waals surface area contributed by atoms with Crippen LogP contribution in [0.25, 0.3) is 5.57 Å². The molecule has 4 rings (SSSR count). The van der Waals surface area contributed by atoms with Crippen molar-refractivity contribution < 1.29 is 23.8 Å². The van der Waals surface area contributed by atoms with Crippen LogP contribution in [-0.4, -0.2) is 50.2 Å². The highest BCUT2D eigenvalue weighted by Crippen LogP contribution is 2.35. The molecule has 0 spiro atoms. The van der Waals surface area contributed by atoms with Gasteiger partial charge >= 0.3 is 0 Å². The number of amides is 2. The van der Waals surface area contributed by atoms with E-state index in [9.17, 15) is 9.59 Å². The molecule has 0 saturated heterocycles. The van der Waals surface area contributed by atoms with Crippen LogP contribution in [0, 0.1) is 6.92 Å². The summed E-state index contributed by atoms with van der Waals surface area (Å²) in [6.45, 7) is 3.41. The van der Waals surface area contributed by atoms with Gasteiger partial charge in [0, 0.05) is 18.9 Å². The average Bonchev–Trinajstić information content (AvgIpc) is 2.96. The Morgan fingerprint density at radius 3 is 2.45 bits per heavy atom. The first-order valence-electron chi connectivity index (χ1n) is 9.41. The van der Waals surface area contributed by atoms with Crippen molar-refractivity contribution in [1.29, 1.82) is 0 Å². The molecule has 0 radical (unpaired) electrons. The fraction of sp³-hybridized carbons (Fsp3) is 0.273. The zero-order chi connectivity index (χ0) is 20.4. The third kappa shape index (κ3) is 3.69. The minimum atomic E-state index is -0.377. The van der Waals surface area contributed by atoms with E-state index < -0.39 is 0 Å². The molecule has 2 heterocycles. The quantitative estimate of drug-likeness (QED) is 0.759. The van der Waals surface area contributed by atoms with Crippen molar-refractivity contribution in [3.8, 4) is 11.5 Å². The van der Waals surface area contributed by atoms with Gasteiger partial charge in [-0.15, -0.1) is 0 Å². The van der Waals surface area contributed by atoms with Crippen LogP contribution in [0.1, 0.15) is 11.1 Å². The molecule has 29 heavy (non-hydrogen) atoms. The highest BCUT2D eigenvalue weighted by molar-refractivity contribution is 6.36. The lowest BCUT2D eigenvalue weighted by atomic mass is 10.0. The van der Waals surface area contributed by atoms with Crippen LogP contribution >= 0.6 is 0 Å². The minimum absolute atomic E-state index is 0.190. The van der Waals surface area contributed by atoms with E-state index in [1.165, 1.54) is 12.0 Å². The van der Waals surface area contributed by atoms with Crippen LogP contribution in [-0.2, 0) is 14.3 Å². The Bertz CT molecular complexity index is 981. The normalized spacial score (nSPS) is 15.9. The van der Waals surface area contributed by atoms with Gasteiger partial charge in [0.05, 0.1) is 18.7 Å². The summed E-state index contributed by atoms with van der Waals surface area (Å²) in [5, 5.41) is 3.13. The minimum Gasteiger partial charge on any atom is -0.486 e. The molecule has 0 saturated carbocycles. The molecule has 0 unspecified atom stereocenters. The van der Waals surface area contributed by atoms with Gasteiger partial charge in [-0.1, -0.05) is 29.8 Å². The Balaban J connectivity index is 1.72. The van der Waals surface area contributed by atoms with Crippen LogP contribution in [0.4, 0.5) is 5.69 Å². The maximum atomic E-state index is 13.0. The Hall–Kier alpha value is -3.32. The number of carbonyl (C=O) groups is 2. The third-order valence-corrected chi connectivity index (χ3v) is 4.84. The van der Waals surface area contributed by atoms with Gasteiger partial charge in [0.1, 0.15) is 18.9 Å². The summed E-state index contributed by atoms with van der Waals surface area (Å²) in [4.78, 5) is 27.3. The number of hydrogen-bond acceptors (Lipinski definition) is 6. The average molecular weight is 394 g/mol. The number of ether oxygens (including phenoxy) is 3. The maximum Gasteiger partial charge on any atom is 0.278 e. The molecule has 2 aromatic carbocycles. The van der Waals surface area contributed by atoms with Crippen molar-refractivity contribution in [3.63, 3.8) is 0 Å². The number of aryl methyl sites for hydroxylation is 1. The first kappa shape index (κ1) is 19.0. The topological polar surface area (TPSA) is 77.1 Å².